The number of fused-ring (bicyclic) bond motifs is 1. The van der Waals surface area contributed by atoms with E-state index < -0.39 is 0 Å². The van der Waals surface area contributed by atoms with Crippen molar-refractivity contribution in [3.8, 4) is 0 Å². The molecule has 1 fully saturated rings. The van der Waals surface area contributed by atoms with Gasteiger partial charge in [-0.05, 0) is 45.1 Å². The monoisotopic (exact) mass is 373 g/mol. The van der Waals surface area contributed by atoms with Crippen molar-refractivity contribution in [1.29, 1.82) is 0 Å². The quantitative estimate of drug-likeness (QED) is 0.747. The topological polar surface area (TPSA) is 53.9 Å². The number of nitrogens with zero attached hydrogens (tertiary/aromatic N) is 4. The van der Waals surface area contributed by atoms with Gasteiger partial charge in [0.15, 0.2) is 0 Å². The highest BCUT2D eigenvalue weighted by molar-refractivity contribution is 7.16. The summed E-state index contributed by atoms with van der Waals surface area (Å²) < 4.78 is 0. The zero-order valence-corrected chi connectivity index (χ0v) is 16.5. The lowest BCUT2D eigenvalue weighted by Gasteiger charge is -2.34. The molecule has 5 nitrogen and oxygen atoms in total. The van der Waals surface area contributed by atoms with Crippen LogP contribution in [0.25, 0.3) is 10.2 Å². The molecule has 1 saturated heterocycles. The lowest BCUT2D eigenvalue weighted by Crippen LogP contribution is -2.43. The summed E-state index contributed by atoms with van der Waals surface area (Å²) in [7, 11) is 0. The molecule has 0 aromatic carbocycles. The number of thiophene rings is 1. The number of rotatable bonds is 4. The predicted molar refractivity (Wildman–Crippen MR) is 106 cm³/mol. The normalized spacial score (nSPS) is 17.3. The molecule has 0 spiro atoms. The fourth-order valence-corrected chi connectivity index (χ4v) is 4.97. The van der Waals surface area contributed by atoms with E-state index in [1.807, 2.05) is 6.92 Å². The number of anilines is 1. The molecule has 3 aromatic heterocycles. The van der Waals surface area contributed by atoms with Crippen LogP contribution < -0.4 is 10.2 Å². The third kappa shape index (κ3) is 3.54. The van der Waals surface area contributed by atoms with Gasteiger partial charge in [0.2, 0.25) is 0 Å². The Labute approximate surface area is 156 Å². The first-order valence-corrected chi connectivity index (χ1v) is 10.5. The Morgan fingerprint density at radius 3 is 2.68 bits per heavy atom. The molecule has 1 aliphatic heterocycles. The van der Waals surface area contributed by atoms with Crippen LogP contribution in [0, 0.1) is 13.8 Å². The van der Waals surface area contributed by atoms with Crippen LogP contribution in [0.5, 0.6) is 0 Å². The highest BCUT2D eigenvalue weighted by atomic mass is 32.1. The SMILES string of the molecule is Cc1nc(N2CCC(N[C@@H](C)c3csc(C)n3)CC2)c2ccsc2n1. The molecule has 0 radical (unpaired) electrons. The molecule has 0 aliphatic carbocycles. The minimum absolute atomic E-state index is 0.311. The first-order valence-electron chi connectivity index (χ1n) is 8.75. The maximum absolute atomic E-state index is 4.73. The highest BCUT2D eigenvalue weighted by Crippen LogP contribution is 2.30. The maximum atomic E-state index is 4.73. The maximum Gasteiger partial charge on any atom is 0.141 e. The average Bonchev–Trinajstić information content (AvgIpc) is 3.23. The van der Waals surface area contributed by atoms with Gasteiger partial charge in [0, 0.05) is 30.6 Å². The second-order valence-corrected chi connectivity index (χ2v) is 8.63. The second-order valence-electron chi connectivity index (χ2n) is 6.67. The molecule has 4 heterocycles. The van der Waals surface area contributed by atoms with Crippen molar-refractivity contribution in [3.63, 3.8) is 0 Å². The van der Waals surface area contributed by atoms with Crippen LogP contribution in [-0.2, 0) is 0 Å². The van der Waals surface area contributed by atoms with Gasteiger partial charge >= 0.3 is 0 Å². The molecule has 25 heavy (non-hydrogen) atoms. The first kappa shape index (κ1) is 16.9. The number of hydrogen-bond acceptors (Lipinski definition) is 7. The Morgan fingerprint density at radius 1 is 1.16 bits per heavy atom. The van der Waals surface area contributed by atoms with Crippen molar-refractivity contribution in [2.75, 3.05) is 18.0 Å². The highest BCUT2D eigenvalue weighted by Gasteiger charge is 2.24. The number of nitrogens with one attached hydrogen (secondary N) is 1. The van der Waals surface area contributed by atoms with Gasteiger partial charge in [0.1, 0.15) is 16.5 Å². The third-order valence-corrected chi connectivity index (χ3v) is 6.38. The lowest BCUT2D eigenvalue weighted by atomic mass is 10.0. The largest absolute Gasteiger partial charge is 0.356 e. The van der Waals surface area contributed by atoms with E-state index in [1.54, 1.807) is 22.7 Å². The summed E-state index contributed by atoms with van der Waals surface area (Å²) in [4.78, 5) is 17.4. The number of aryl methyl sites for hydroxylation is 2. The van der Waals surface area contributed by atoms with E-state index in [0.717, 1.165) is 53.1 Å². The second kappa shape index (κ2) is 6.97. The van der Waals surface area contributed by atoms with Crippen LogP contribution in [0.1, 0.15) is 42.3 Å². The molecular formula is C18H23N5S2. The number of aromatic nitrogens is 3. The molecule has 0 saturated carbocycles. The average molecular weight is 374 g/mol. The van der Waals surface area contributed by atoms with Crippen molar-refractivity contribution in [2.45, 2.75) is 45.7 Å². The Hall–Kier alpha value is -1.57. The molecular weight excluding hydrogens is 350 g/mol. The minimum atomic E-state index is 0.311. The van der Waals surface area contributed by atoms with Crippen molar-refractivity contribution < 1.29 is 0 Å². The zero-order chi connectivity index (χ0) is 17.4. The first-order chi connectivity index (χ1) is 12.1. The Bertz CT molecular complexity index is 863. The molecule has 4 rings (SSSR count). The van der Waals surface area contributed by atoms with Gasteiger partial charge < -0.3 is 10.2 Å². The third-order valence-electron chi connectivity index (χ3n) is 4.78. The van der Waals surface area contributed by atoms with E-state index in [4.69, 9.17) is 4.98 Å². The molecule has 0 bridgehead atoms. The smallest absolute Gasteiger partial charge is 0.141 e. The van der Waals surface area contributed by atoms with E-state index in [0.29, 0.717) is 12.1 Å². The van der Waals surface area contributed by atoms with E-state index in [-0.39, 0.29) is 0 Å². The summed E-state index contributed by atoms with van der Waals surface area (Å²) in [5.74, 6) is 1.96. The van der Waals surface area contributed by atoms with E-state index in [9.17, 15) is 0 Å². The lowest BCUT2D eigenvalue weighted by molar-refractivity contribution is 0.377. The number of hydrogen-bond donors (Lipinski definition) is 1. The fraction of sp³-hybridized carbons (Fsp3) is 0.500. The van der Waals surface area contributed by atoms with Crippen LogP contribution in [0.3, 0.4) is 0 Å². The molecule has 1 aliphatic rings. The minimum Gasteiger partial charge on any atom is -0.356 e. The molecule has 0 amide bonds. The molecule has 7 heteroatoms. The molecule has 3 aromatic rings. The van der Waals surface area contributed by atoms with Gasteiger partial charge in [-0.1, -0.05) is 0 Å². The van der Waals surface area contributed by atoms with E-state index in [2.05, 4.69) is 50.9 Å². The van der Waals surface area contributed by atoms with Gasteiger partial charge in [-0.25, -0.2) is 15.0 Å². The van der Waals surface area contributed by atoms with Crippen molar-refractivity contribution >= 4 is 38.7 Å². The molecule has 132 valence electrons. The Morgan fingerprint density at radius 2 is 1.96 bits per heavy atom. The van der Waals surface area contributed by atoms with Gasteiger partial charge in [-0.2, -0.15) is 0 Å². The standard InChI is InChI=1S/C18H23N5S2/c1-11(16-10-25-13(3)22-16)19-14-4-7-23(8-5-14)17-15-6-9-24-18(15)21-12(2)20-17/h6,9-11,14,19H,4-5,7-8H2,1-3H3/t11-/m0/s1. The summed E-state index contributed by atoms with van der Waals surface area (Å²) >= 11 is 3.42. The Balaban J connectivity index is 1.42. The summed E-state index contributed by atoms with van der Waals surface area (Å²) in [6, 6.07) is 2.99. The van der Waals surface area contributed by atoms with Crippen molar-refractivity contribution in [3.05, 3.63) is 33.4 Å². The van der Waals surface area contributed by atoms with Crippen molar-refractivity contribution in [1.82, 2.24) is 20.3 Å². The van der Waals surface area contributed by atoms with Crippen molar-refractivity contribution in [2.24, 2.45) is 0 Å². The predicted octanol–water partition coefficient (Wildman–Crippen LogP) is 4.08. The number of thiazole rings is 1. The summed E-state index contributed by atoms with van der Waals surface area (Å²) in [6.07, 6.45) is 2.25. The molecule has 1 N–H and O–H groups in total. The summed E-state index contributed by atoms with van der Waals surface area (Å²) in [6.45, 7) is 8.32. The summed E-state index contributed by atoms with van der Waals surface area (Å²) in [5, 5.41) is 10.3. The van der Waals surface area contributed by atoms with Crippen LogP contribution in [0.4, 0.5) is 5.82 Å². The van der Waals surface area contributed by atoms with Gasteiger partial charge in [0.05, 0.1) is 16.1 Å². The van der Waals surface area contributed by atoms with Gasteiger partial charge in [-0.15, -0.1) is 22.7 Å². The molecule has 1 atom stereocenters. The van der Waals surface area contributed by atoms with Crippen LogP contribution in [0.15, 0.2) is 16.8 Å². The van der Waals surface area contributed by atoms with Crippen LogP contribution >= 0.6 is 22.7 Å². The van der Waals surface area contributed by atoms with E-state index in [1.165, 1.54) is 5.39 Å². The zero-order valence-electron chi connectivity index (χ0n) is 14.8. The van der Waals surface area contributed by atoms with Crippen LogP contribution in [0.2, 0.25) is 0 Å². The summed E-state index contributed by atoms with van der Waals surface area (Å²) in [5.41, 5.74) is 1.16. The van der Waals surface area contributed by atoms with Gasteiger partial charge in [-0.3, -0.25) is 0 Å². The fourth-order valence-electron chi connectivity index (χ4n) is 3.46. The van der Waals surface area contributed by atoms with Gasteiger partial charge in [0.25, 0.3) is 0 Å². The Kier molecular flexibility index (Phi) is 4.71. The molecule has 0 unspecified atom stereocenters. The van der Waals surface area contributed by atoms with E-state index >= 15 is 0 Å². The number of piperidine rings is 1. The van der Waals surface area contributed by atoms with Crippen LogP contribution in [-0.4, -0.2) is 34.1 Å².